The van der Waals surface area contributed by atoms with E-state index < -0.39 is 11.1 Å². The summed E-state index contributed by atoms with van der Waals surface area (Å²) in [6.07, 6.45) is 0. The van der Waals surface area contributed by atoms with Gasteiger partial charge in [-0.2, -0.15) is 0 Å². The molecule has 28 heavy (non-hydrogen) atoms. The fraction of sp³-hybridized carbons (Fsp3) is 0.200. The van der Waals surface area contributed by atoms with E-state index in [2.05, 4.69) is 15.4 Å². The molecule has 0 unspecified atom stereocenters. The number of nitrogens with zero attached hydrogens (tertiary/aromatic N) is 3. The second-order valence-corrected chi connectivity index (χ2v) is 6.53. The Hall–Kier alpha value is -3.68. The number of carbonyl (C=O) groups excluding carboxylic acids is 1. The van der Waals surface area contributed by atoms with Gasteiger partial charge in [-0.05, 0) is 31.2 Å². The largest absolute Gasteiger partial charge is 0.353 e. The quantitative estimate of drug-likeness (QED) is 0.545. The molecule has 4 rings (SSSR count). The smallest absolute Gasteiger partial charge is 0.273 e. The molecule has 2 heterocycles. The molecule has 0 atom stereocenters. The van der Waals surface area contributed by atoms with E-state index in [1.165, 1.54) is 0 Å². The summed E-state index contributed by atoms with van der Waals surface area (Å²) >= 11 is 0. The van der Waals surface area contributed by atoms with Gasteiger partial charge in [0.05, 0.1) is 21.8 Å². The van der Waals surface area contributed by atoms with E-state index in [1.54, 1.807) is 24.3 Å². The molecule has 0 saturated heterocycles. The van der Waals surface area contributed by atoms with Gasteiger partial charge in [0.25, 0.3) is 11.1 Å². The molecular formula is C20H19N5O3. The van der Waals surface area contributed by atoms with Gasteiger partial charge in [-0.25, -0.2) is 9.67 Å². The molecule has 0 fully saturated rings. The van der Waals surface area contributed by atoms with E-state index >= 15 is 0 Å². The number of benzene rings is 2. The van der Waals surface area contributed by atoms with Crippen LogP contribution in [0.2, 0.25) is 0 Å². The molecule has 0 saturated carbocycles. The molecule has 0 aliphatic rings. The van der Waals surface area contributed by atoms with Crippen molar-refractivity contribution in [2.45, 2.75) is 20.0 Å². The van der Waals surface area contributed by atoms with Crippen molar-refractivity contribution in [2.24, 2.45) is 0 Å². The van der Waals surface area contributed by atoms with Crippen LogP contribution < -0.4 is 16.4 Å². The number of hydrogen-bond donors (Lipinski definition) is 2. The first-order chi connectivity index (χ1) is 13.5. The standard InChI is InChI=1S/C20H19N5O3/c1-13-22-16-8-4-5-9-17(16)24(13)11-10-21-18(26)12-25-20(28)15-7-3-2-6-14(15)19(27)23-25/h2-9H,10-12H2,1H3,(H,21,26)(H,23,27). The zero-order chi connectivity index (χ0) is 19.7. The van der Waals surface area contributed by atoms with E-state index in [9.17, 15) is 14.4 Å². The zero-order valence-corrected chi connectivity index (χ0v) is 15.3. The average Bonchev–Trinajstić information content (AvgIpc) is 3.01. The number of H-pyrrole nitrogens is 1. The Morgan fingerprint density at radius 1 is 1.07 bits per heavy atom. The van der Waals surface area contributed by atoms with Crippen molar-refractivity contribution in [1.82, 2.24) is 24.6 Å². The number of fused-ring (bicyclic) bond motifs is 2. The second-order valence-electron chi connectivity index (χ2n) is 6.53. The van der Waals surface area contributed by atoms with Crippen molar-refractivity contribution in [2.75, 3.05) is 6.54 Å². The predicted molar refractivity (Wildman–Crippen MR) is 106 cm³/mol. The number of hydrogen-bond acceptors (Lipinski definition) is 4. The number of rotatable bonds is 5. The van der Waals surface area contributed by atoms with E-state index in [-0.39, 0.29) is 12.5 Å². The lowest BCUT2D eigenvalue weighted by Gasteiger charge is -2.10. The van der Waals surface area contributed by atoms with Gasteiger partial charge in [0, 0.05) is 13.1 Å². The Kier molecular flexibility index (Phi) is 4.52. The molecule has 1 amide bonds. The topological polar surface area (TPSA) is 102 Å². The number of aromatic amines is 1. The number of imidazole rings is 1. The number of aryl methyl sites for hydroxylation is 1. The SMILES string of the molecule is Cc1nc2ccccc2n1CCNC(=O)Cn1[nH]c(=O)c2ccccc2c1=O. The number of amides is 1. The highest BCUT2D eigenvalue weighted by Gasteiger charge is 2.11. The van der Waals surface area contributed by atoms with Crippen LogP contribution in [-0.2, 0) is 17.9 Å². The van der Waals surface area contributed by atoms with Gasteiger partial charge in [0.1, 0.15) is 12.4 Å². The molecule has 4 aromatic rings. The fourth-order valence-corrected chi connectivity index (χ4v) is 3.34. The molecule has 0 radical (unpaired) electrons. The summed E-state index contributed by atoms with van der Waals surface area (Å²) in [5, 5.41) is 5.85. The fourth-order valence-electron chi connectivity index (χ4n) is 3.34. The highest BCUT2D eigenvalue weighted by atomic mass is 16.2. The van der Waals surface area contributed by atoms with E-state index in [1.807, 2.05) is 35.8 Å². The highest BCUT2D eigenvalue weighted by Crippen LogP contribution is 2.14. The van der Waals surface area contributed by atoms with E-state index in [0.29, 0.717) is 23.9 Å². The van der Waals surface area contributed by atoms with Crippen LogP contribution in [0.4, 0.5) is 0 Å². The summed E-state index contributed by atoms with van der Waals surface area (Å²) in [4.78, 5) is 41.3. The van der Waals surface area contributed by atoms with Crippen molar-refractivity contribution in [3.8, 4) is 0 Å². The minimum absolute atomic E-state index is 0.247. The van der Waals surface area contributed by atoms with Gasteiger partial charge < -0.3 is 9.88 Å². The number of nitrogens with one attached hydrogen (secondary N) is 2. The first kappa shape index (κ1) is 17.7. The monoisotopic (exact) mass is 377 g/mol. The summed E-state index contributed by atoms with van der Waals surface area (Å²) in [5.74, 6) is 0.514. The van der Waals surface area contributed by atoms with Crippen molar-refractivity contribution in [3.63, 3.8) is 0 Å². The normalized spacial score (nSPS) is 11.2. The molecule has 0 aliphatic heterocycles. The van der Waals surface area contributed by atoms with Crippen LogP contribution in [0.1, 0.15) is 5.82 Å². The highest BCUT2D eigenvalue weighted by molar-refractivity contribution is 5.81. The number of aromatic nitrogens is 4. The third-order valence-electron chi connectivity index (χ3n) is 4.69. The summed E-state index contributed by atoms with van der Waals surface area (Å²) in [7, 11) is 0. The van der Waals surface area contributed by atoms with E-state index in [0.717, 1.165) is 21.5 Å². The Morgan fingerprint density at radius 2 is 1.79 bits per heavy atom. The molecule has 0 aliphatic carbocycles. The third kappa shape index (κ3) is 3.20. The molecule has 142 valence electrons. The van der Waals surface area contributed by atoms with Crippen LogP contribution in [0.5, 0.6) is 0 Å². The zero-order valence-electron chi connectivity index (χ0n) is 15.3. The summed E-state index contributed by atoms with van der Waals surface area (Å²) in [6.45, 7) is 2.61. The van der Waals surface area contributed by atoms with Crippen LogP contribution >= 0.6 is 0 Å². The van der Waals surface area contributed by atoms with Crippen LogP contribution in [0.15, 0.2) is 58.1 Å². The summed E-state index contributed by atoms with van der Waals surface area (Å²) in [6, 6.07) is 14.3. The minimum Gasteiger partial charge on any atom is -0.353 e. The summed E-state index contributed by atoms with van der Waals surface area (Å²) < 4.78 is 3.07. The van der Waals surface area contributed by atoms with Gasteiger partial charge in [0.2, 0.25) is 5.91 Å². The van der Waals surface area contributed by atoms with Crippen LogP contribution in [-0.4, -0.2) is 31.8 Å². The van der Waals surface area contributed by atoms with Gasteiger partial charge in [0.15, 0.2) is 0 Å². The number of para-hydroxylation sites is 2. The predicted octanol–water partition coefficient (Wildman–Crippen LogP) is 1.16. The van der Waals surface area contributed by atoms with Crippen molar-refractivity contribution in [3.05, 3.63) is 75.1 Å². The molecule has 2 aromatic carbocycles. The molecule has 0 bridgehead atoms. The maximum absolute atomic E-state index is 12.5. The average molecular weight is 377 g/mol. The van der Waals surface area contributed by atoms with Crippen LogP contribution in [0.3, 0.4) is 0 Å². The molecule has 0 spiro atoms. The number of carbonyl (C=O) groups is 1. The second kappa shape index (κ2) is 7.15. The molecule has 2 N–H and O–H groups in total. The molecule has 2 aromatic heterocycles. The van der Waals surface area contributed by atoms with E-state index in [4.69, 9.17) is 0 Å². The first-order valence-electron chi connectivity index (χ1n) is 8.95. The van der Waals surface area contributed by atoms with Gasteiger partial charge in [-0.1, -0.05) is 24.3 Å². The van der Waals surface area contributed by atoms with Gasteiger partial charge >= 0.3 is 0 Å². The third-order valence-corrected chi connectivity index (χ3v) is 4.69. The molecular weight excluding hydrogens is 358 g/mol. The van der Waals surface area contributed by atoms with Crippen LogP contribution in [0.25, 0.3) is 21.8 Å². The van der Waals surface area contributed by atoms with Gasteiger partial charge in [-0.15, -0.1) is 0 Å². The van der Waals surface area contributed by atoms with Crippen molar-refractivity contribution >= 4 is 27.7 Å². The lowest BCUT2D eigenvalue weighted by atomic mass is 10.2. The minimum atomic E-state index is -0.401. The lowest BCUT2D eigenvalue weighted by Crippen LogP contribution is -2.37. The van der Waals surface area contributed by atoms with Crippen molar-refractivity contribution < 1.29 is 4.79 Å². The Balaban J connectivity index is 1.46. The Morgan fingerprint density at radius 3 is 2.61 bits per heavy atom. The molecule has 8 heteroatoms. The first-order valence-corrected chi connectivity index (χ1v) is 8.95. The maximum atomic E-state index is 12.5. The Bertz CT molecular complexity index is 1300. The summed E-state index contributed by atoms with van der Waals surface area (Å²) in [5.41, 5.74) is 1.11. The maximum Gasteiger partial charge on any atom is 0.273 e. The van der Waals surface area contributed by atoms with Gasteiger partial charge in [-0.3, -0.25) is 19.5 Å². The molecule has 8 nitrogen and oxygen atoms in total. The lowest BCUT2D eigenvalue weighted by molar-refractivity contribution is -0.121. The van der Waals surface area contributed by atoms with Crippen molar-refractivity contribution in [1.29, 1.82) is 0 Å². The Labute approximate surface area is 159 Å². The van der Waals surface area contributed by atoms with Crippen LogP contribution in [0, 0.1) is 6.92 Å².